The van der Waals surface area contributed by atoms with Crippen molar-refractivity contribution in [1.82, 2.24) is 0 Å². The van der Waals surface area contributed by atoms with Crippen LogP contribution in [0.15, 0.2) is 28.7 Å². The number of benzene rings is 1. The predicted molar refractivity (Wildman–Crippen MR) is 70.8 cm³/mol. The maximum absolute atomic E-state index is 7.89. The summed E-state index contributed by atoms with van der Waals surface area (Å²) < 4.78 is 1.07. The zero-order valence-electron chi connectivity index (χ0n) is 9.30. The number of amidine groups is 1. The Bertz CT molecular complexity index is 377. The van der Waals surface area contributed by atoms with Gasteiger partial charge in [-0.05, 0) is 30.5 Å². The molecule has 2 nitrogen and oxygen atoms in total. The van der Waals surface area contributed by atoms with Gasteiger partial charge in [-0.25, -0.2) is 0 Å². The van der Waals surface area contributed by atoms with Gasteiger partial charge in [0.05, 0.1) is 5.41 Å². The second-order valence-corrected chi connectivity index (χ2v) is 5.48. The molecular formula is C13H17BrN2. The molecule has 3 N–H and O–H groups in total. The molecule has 1 aliphatic rings. The molecule has 3 heteroatoms. The number of nitrogens with two attached hydrogens (primary N) is 1. The Kier molecular flexibility index (Phi) is 3.33. The van der Waals surface area contributed by atoms with E-state index < -0.39 is 0 Å². The van der Waals surface area contributed by atoms with Crippen molar-refractivity contribution in [1.29, 1.82) is 5.41 Å². The second-order valence-electron chi connectivity index (χ2n) is 4.56. The smallest absolute Gasteiger partial charge is 0.101 e. The Hall–Kier alpha value is -0.830. The van der Waals surface area contributed by atoms with Gasteiger partial charge in [0.25, 0.3) is 0 Å². The van der Waals surface area contributed by atoms with Gasteiger partial charge < -0.3 is 5.73 Å². The predicted octanol–water partition coefficient (Wildman–Crippen LogP) is 3.59. The van der Waals surface area contributed by atoms with E-state index in [-0.39, 0.29) is 5.41 Å². The molecule has 2 rings (SSSR count). The van der Waals surface area contributed by atoms with Crippen molar-refractivity contribution in [3.05, 3.63) is 34.3 Å². The van der Waals surface area contributed by atoms with Gasteiger partial charge in [-0.1, -0.05) is 47.3 Å². The van der Waals surface area contributed by atoms with E-state index in [4.69, 9.17) is 11.1 Å². The van der Waals surface area contributed by atoms with Crippen molar-refractivity contribution >= 4 is 21.8 Å². The highest BCUT2D eigenvalue weighted by molar-refractivity contribution is 9.10. The lowest BCUT2D eigenvalue weighted by Gasteiger charge is -2.36. The lowest BCUT2D eigenvalue weighted by atomic mass is 9.68. The van der Waals surface area contributed by atoms with Crippen LogP contribution >= 0.6 is 15.9 Å². The van der Waals surface area contributed by atoms with Crippen molar-refractivity contribution in [3.8, 4) is 0 Å². The minimum Gasteiger partial charge on any atom is -0.387 e. The number of hydrogen-bond acceptors (Lipinski definition) is 1. The van der Waals surface area contributed by atoms with Gasteiger partial charge in [0, 0.05) is 4.47 Å². The average Bonchev–Trinajstić information content (AvgIpc) is 2.30. The normalized spacial score (nSPS) is 19.3. The summed E-state index contributed by atoms with van der Waals surface area (Å²) in [7, 11) is 0. The highest BCUT2D eigenvalue weighted by atomic mass is 79.9. The number of hydrogen-bond donors (Lipinski definition) is 2. The third-order valence-corrected chi connectivity index (χ3v) is 4.15. The lowest BCUT2D eigenvalue weighted by Crippen LogP contribution is -2.42. The maximum atomic E-state index is 7.89. The first kappa shape index (κ1) is 11.6. The Morgan fingerprint density at radius 1 is 1.12 bits per heavy atom. The van der Waals surface area contributed by atoms with Crippen LogP contribution in [0.5, 0.6) is 0 Å². The minimum atomic E-state index is -0.195. The lowest BCUT2D eigenvalue weighted by molar-refractivity contribution is 0.376. The molecule has 0 amide bonds. The first-order valence-corrected chi connectivity index (χ1v) is 6.55. The van der Waals surface area contributed by atoms with E-state index in [0.717, 1.165) is 17.3 Å². The molecule has 0 unspecified atom stereocenters. The molecule has 0 spiro atoms. The van der Waals surface area contributed by atoms with Gasteiger partial charge in [-0.2, -0.15) is 0 Å². The van der Waals surface area contributed by atoms with E-state index in [1.54, 1.807) is 0 Å². The van der Waals surface area contributed by atoms with Crippen molar-refractivity contribution in [2.75, 3.05) is 0 Å². The Balaban J connectivity index is 2.38. The van der Waals surface area contributed by atoms with Gasteiger partial charge in [0.2, 0.25) is 0 Å². The highest BCUT2D eigenvalue weighted by Crippen LogP contribution is 2.39. The maximum Gasteiger partial charge on any atom is 0.101 e. The fraction of sp³-hybridized carbons (Fsp3) is 0.462. The molecule has 1 aromatic carbocycles. The van der Waals surface area contributed by atoms with E-state index in [1.807, 2.05) is 12.1 Å². The average molecular weight is 281 g/mol. The van der Waals surface area contributed by atoms with Gasteiger partial charge >= 0.3 is 0 Å². The SMILES string of the molecule is N=C(N)C1(c2ccc(Br)cc2)CCCCC1. The molecule has 0 bridgehead atoms. The topological polar surface area (TPSA) is 49.9 Å². The van der Waals surface area contributed by atoms with E-state index in [0.29, 0.717) is 5.84 Å². The first-order valence-electron chi connectivity index (χ1n) is 5.76. The largest absolute Gasteiger partial charge is 0.387 e. The quantitative estimate of drug-likeness (QED) is 0.631. The fourth-order valence-electron chi connectivity index (χ4n) is 2.64. The van der Waals surface area contributed by atoms with E-state index in [9.17, 15) is 0 Å². The zero-order chi connectivity index (χ0) is 11.6. The molecule has 0 heterocycles. The molecule has 0 saturated heterocycles. The molecule has 16 heavy (non-hydrogen) atoms. The third kappa shape index (κ3) is 2.01. The third-order valence-electron chi connectivity index (χ3n) is 3.62. The van der Waals surface area contributed by atoms with E-state index >= 15 is 0 Å². The molecule has 1 fully saturated rings. The van der Waals surface area contributed by atoms with Crippen LogP contribution < -0.4 is 5.73 Å². The van der Waals surface area contributed by atoms with Crippen molar-refractivity contribution in [2.45, 2.75) is 37.5 Å². The first-order chi connectivity index (χ1) is 7.65. The summed E-state index contributed by atoms with van der Waals surface area (Å²) in [6.07, 6.45) is 5.66. The van der Waals surface area contributed by atoms with Crippen LogP contribution in [0.4, 0.5) is 0 Å². The molecule has 86 valence electrons. The van der Waals surface area contributed by atoms with Crippen LogP contribution in [-0.2, 0) is 5.41 Å². The number of halogens is 1. The summed E-state index contributed by atoms with van der Waals surface area (Å²) in [5, 5.41) is 7.89. The standard InChI is InChI=1S/C13H17BrN2/c14-11-6-4-10(5-7-11)13(12(15)16)8-2-1-3-9-13/h4-7H,1-3,8-9H2,(H3,15,16). The van der Waals surface area contributed by atoms with Crippen LogP contribution in [0.2, 0.25) is 0 Å². The number of nitrogens with one attached hydrogen (secondary N) is 1. The fourth-order valence-corrected chi connectivity index (χ4v) is 2.90. The molecule has 0 aliphatic heterocycles. The van der Waals surface area contributed by atoms with Gasteiger partial charge in [0.1, 0.15) is 5.84 Å². The van der Waals surface area contributed by atoms with Crippen LogP contribution in [0.25, 0.3) is 0 Å². The highest BCUT2D eigenvalue weighted by Gasteiger charge is 2.36. The molecular weight excluding hydrogens is 264 g/mol. The van der Waals surface area contributed by atoms with E-state index in [1.165, 1.54) is 24.8 Å². The summed E-state index contributed by atoms with van der Waals surface area (Å²) in [4.78, 5) is 0. The summed E-state index contributed by atoms with van der Waals surface area (Å²) in [5.74, 6) is 0.328. The molecule has 0 aromatic heterocycles. The Morgan fingerprint density at radius 3 is 2.19 bits per heavy atom. The molecule has 1 saturated carbocycles. The van der Waals surface area contributed by atoms with Crippen LogP contribution in [-0.4, -0.2) is 5.84 Å². The zero-order valence-corrected chi connectivity index (χ0v) is 10.9. The summed E-state index contributed by atoms with van der Waals surface area (Å²) in [5.41, 5.74) is 6.85. The van der Waals surface area contributed by atoms with Crippen molar-refractivity contribution in [2.24, 2.45) is 5.73 Å². The van der Waals surface area contributed by atoms with Crippen LogP contribution in [0, 0.1) is 5.41 Å². The van der Waals surface area contributed by atoms with Gasteiger partial charge in [0.15, 0.2) is 0 Å². The Labute approximate surface area is 105 Å². The van der Waals surface area contributed by atoms with E-state index in [2.05, 4.69) is 28.1 Å². The number of rotatable bonds is 2. The Morgan fingerprint density at radius 2 is 1.69 bits per heavy atom. The van der Waals surface area contributed by atoms with Gasteiger partial charge in [-0.15, -0.1) is 0 Å². The van der Waals surface area contributed by atoms with Gasteiger partial charge in [-0.3, -0.25) is 5.41 Å². The van der Waals surface area contributed by atoms with Crippen molar-refractivity contribution in [3.63, 3.8) is 0 Å². The molecule has 0 atom stereocenters. The molecule has 1 aromatic rings. The summed E-state index contributed by atoms with van der Waals surface area (Å²) in [6.45, 7) is 0. The van der Waals surface area contributed by atoms with Crippen LogP contribution in [0.3, 0.4) is 0 Å². The van der Waals surface area contributed by atoms with Crippen molar-refractivity contribution < 1.29 is 0 Å². The molecule has 1 aliphatic carbocycles. The monoisotopic (exact) mass is 280 g/mol. The second kappa shape index (κ2) is 4.58. The minimum absolute atomic E-state index is 0.195. The summed E-state index contributed by atoms with van der Waals surface area (Å²) in [6, 6.07) is 8.26. The summed E-state index contributed by atoms with van der Waals surface area (Å²) >= 11 is 3.44. The molecule has 0 radical (unpaired) electrons. The van der Waals surface area contributed by atoms with Crippen LogP contribution in [0.1, 0.15) is 37.7 Å².